The van der Waals surface area contributed by atoms with Gasteiger partial charge in [0.25, 0.3) is 0 Å². The van der Waals surface area contributed by atoms with Gasteiger partial charge in [0.05, 0.1) is 12.6 Å². The zero-order valence-electron chi connectivity index (χ0n) is 13.0. The van der Waals surface area contributed by atoms with Crippen LogP contribution in [0.15, 0.2) is 54.6 Å². The maximum Gasteiger partial charge on any atom is 0.234 e. The molecule has 3 rings (SSSR count). The lowest BCUT2D eigenvalue weighted by Gasteiger charge is -2.28. The summed E-state index contributed by atoms with van der Waals surface area (Å²) in [5.41, 5.74) is 3.90. The molecule has 0 aromatic heterocycles. The Hall–Kier alpha value is -2.13. The highest BCUT2D eigenvalue weighted by atomic mass is 16.2. The molecule has 0 saturated carbocycles. The van der Waals surface area contributed by atoms with E-state index < -0.39 is 0 Å². The third-order valence-electron chi connectivity index (χ3n) is 4.25. The second-order valence-corrected chi connectivity index (χ2v) is 5.93. The predicted octanol–water partition coefficient (Wildman–Crippen LogP) is 2.92. The fourth-order valence-electron chi connectivity index (χ4n) is 3.00. The average molecular weight is 294 g/mol. The molecule has 0 fully saturated rings. The standard InChI is InChI=1S/C19H22N2O/c1-15(16-7-3-2-4-8-16)20-19(22)14-21-12-11-17-9-5-6-10-18(17)13-21/h2-10,15H,11-14H2,1H3,(H,20,22)/t15-/m0/s1. The third-order valence-corrected chi connectivity index (χ3v) is 4.25. The molecule has 3 nitrogen and oxygen atoms in total. The van der Waals surface area contributed by atoms with Crippen LogP contribution < -0.4 is 5.32 Å². The van der Waals surface area contributed by atoms with Crippen molar-refractivity contribution in [3.63, 3.8) is 0 Å². The van der Waals surface area contributed by atoms with E-state index >= 15 is 0 Å². The molecule has 1 aliphatic heterocycles. The largest absolute Gasteiger partial charge is 0.348 e. The minimum atomic E-state index is 0.0470. The number of nitrogens with zero attached hydrogens (tertiary/aromatic N) is 1. The number of rotatable bonds is 4. The smallest absolute Gasteiger partial charge is 0.234 e. The van der Waals surface area contributed by atoms with Crippen LogP contribution in [0, 0.1) is 0 Å². The van der Waals surface area contributed by atoms with Crippen molar-refractivity contribution in [2.24, 2.45) is 0 Å². The van der Waals surface area contributed by atoms with Crippen LogP contribution in [-0.4, -0.2) is 23.9 Å². The average Bonchev–Trinajstić information content (AvgIpc) is 2.55. The van der Waals surface area contributed by atoms with Gasteiger partial charge in [0, 0.05) is 13.1 Å². The monoisotopic (exact) mass is 294 g/mol. The summed E-state index contributed by atoms with van der Waals surface area (Å²) in [4.78, 5) is 14.5. The van der Waals surface area contributed by atoms with Gasteiger partial charge in [-0.15, -0.1) is 0 Å². The summed E-state index contributed by atoms with van der Waals surface area (Å²) in [6.07, 6.45) is 1.03. The molecule has 1 amide bonds. The number of fused-ring (bicyclic) bond motifs is 1. The Morgan fingerprint density at radius 3 is 2.55 bits per heavy atom. The molecule has 114 valence electrons. The molecular weight excluding hydrogens is 272 g/mol. The van der Waals surface area contributed by atoms with Gasteiger partial charge in [-0.2, -0.15) is 0 Å². The Labute approximate surface area is 132 Å². The normalized spacial score (nSPS) is 15.9. The lowest BCUT2D eigenvalue weighted by Crippen LogP contribution is -2.40. The first-order valence-electron chi connectivity index (χ1n) is 7.86. The second-order valence-electron chi connectivity index (χ2n) is 5.93. The van der Waals surface area contributed by atoms with Crippen LogP contribution in [0.4, 0.5) is 0 Å². The van der Waals surface area contributed by atoms with E-state index in [0.717, 1.165) is 25.1 Å². The fourth-order valence-corrected chi connectivity index (χ4v) is 3.00. The molecular formula is C19H22N2O. The van der Waals surface area contributed by atoms with Crippen LogP contribution in [0.3, 0.4) is 0 Å². The maximum atomic E-state index is 12.3. The van der Waals surface area contributed by atoms with Gasteiger partial charge in [-0.25, -0.2) is 0 Å². The van der Waals surface area contributed by atoms with Crippen LogP contribution in [0.2, 0.25) is 0 Å². The van der Waals surface area contributed by atoms with Gasteiger partial charge >= 0.3 is 0 Å². The van der Waals surface area contributed by atoms with Crippen LogP contribution in [0.5, 0.6) is 0 Å². The highest BCUT2D eigenvalue weighted by Crippen LogP contribution is 2.18. The Morgan fingerprint density at radius 1 is 1.09 bits per heavy atom. The molecule has 1 N–H and O–H groups in total. The molecule has 0 spiro atoms. The lowest BCUT2D eigenvalue weighted by atomic mass is 10.00. The van der Waals surface area contributed by atoms with Crippen molar-refractivity contribution in [3.05, 3.63) is 71.3 Å². The third kappa shape index (κ3) is 3.55. The number of benzene rings is 2. The number of nitrogens with one attached hydrogen (secondary N) is 1. The van der Waals surface area contributed by atoms with Gasteiger partial charge in [-0.05, 0) is 30.0 Å². The summed E-state index contributed by atoms with van der Waals surface area (Å²) in [6, 6.07) is 18.6. The van der Waals surface area contributed by atoms with Gasteiger partial charge in [-0.1, -0.05) is 54.6 Å². The van der Waals surface area contributed by atoms with E-state index in [1.807, 2.05) is 37.3 Å². The van der Waals surface area contributed by atoms with Crippen molar-refractivity contribution in [2.45, 2.75) is 25.9 Å². The number of amides is 1. The first kappa shape index (κ1) is 14.8. The first-order chi connectivity index (χ1) is 10.7. The molecule has 0 saturated heterocycles. The SMILES string of the molecule is C[C@H](NC(=O)CN1CCc2ccccc2C1)c1ccccc1. The topological polar surface area (TPSA) is 32.3 Å². The number of hydrogen-bond donors (Lipinski definition) is 1. The number of hydrogen-bond acceptors (Lipinski definition) is 2. The van der Waals surface area contributed by atoms with Gasteiger partial charge < -0.3 is 5.32 Å². The number of carbonyl (C=O) groups excluding carboxylic acids is 1. The van der Waals surface area contributed by atoms with E-state index in [0.29, 0.717) is 6.54 Å². The van der Waals surface area contributed by atoms with E-state index in [1.165, 1.54) is 11.1 Å². The molecule has 3 heteroatoms. The molecule has 22 heavy (non-hydrogen) atoms. The minimum absolute atomic E-state index is 0.0470. The van der Waals surface area contributed by atoms with E-state index in [4.69, 9.17) is 0 Å². The molecule has 0 unspecified atom stereocenters. The summed E-state index contributed by atoms with van der Waals surface area (Å²) in [5, 5.41) is 3.09. The predicted molar refractivity (Wildman–Crippen MR) is 88.4 cm³/mol. The van der Waals surface area contributed by atoms with Crippen LogP contribution >= 0.6 is 0 Å². The molecule has 2 aromatic rings. The van der Waals surface area contributed by atoms with Crippen molar-refractivity contribution >= 4 is 5.91 Å². The van der Waals surface area contributed by atoms with Crippen molar-refractivity contribution in [3.8, 4) is 0 Å². The van der Waals surface area contributed by atoms with Gasteiger partial charge in [-0.3, -0.25) is 9.69 Å². The Morgan fingerprint density at radius 2 is 1.77 bits per heavy atom. The van der Waals surface area contributed by atoms with E-state index in [9.17, 15) is 4.79 Å². The summed E-state index contributed by atoms with van der Waals surface area (Å²) in [7, 11) is 0. The highest BCUT2D eigenvalue weighted by molar-refractivity contribution is 5.78. The van der Waals surface area contributed by atoms with Gasteiger partial charge in [0.1, 0.15) is 0 Å². The van der Waals surface area contributed by atoms with Crippen molar-refractivity contribution in [1.82, 2.24) is 10.2 Å². The molecule has 0 aliphatic carbocycles. The molecule has 1 atom stereocenters. The quantitative estimate of drug-likeness (QED) is 0.940. The van der Waals surface area contributed by atoms with E-state index in [2.05, 4.69) is 34.5 Å². The van der Waals surface area contributed by atoms with E-state index in [1.54, 1.807) is 0 Å². The van der Waals surface area contributed by atoms with Gasteiger partial charge in [0.15, 0.2) is 0 Å². The van der Waals surface area contributed by atoms with E-state index in [-0.39, 0.29) is 11.9 Å². The van der Waals surface area contributed by atoms with Gasteiger partial charge in [0.2, 0.25) is 5.91 Å². The summed E-state index contributed by atoms with van der Waals surface area (Å²) in [5.74, 6) is 0.0933. The van der Waals surface area contributed by atoms with Crippen LogP contribution in [0.1, 0.15) is 29.7 Å². The highest BCUT2D eigenvalue weighted by Gasteiger charge is 2.18. The Balaban J connectivity index is 1.55. The van der Waals surface area contributed by atoms with Crippen molar-refractivity contribution in [1.29, 1.82) is 0 Å². The summed E-state index contributed by atoms with van der Waals surface area (Å²) >= 11 is 0. The maximum absolute atomic E-state index is 12.3. The Bertz CT molecular complexity index is 639. The molecule has 1 heterocycles. The Kier molecular flexibility index (Phi) is 4.54. The summed E-state index contributed by atoms with van der Waals surface area (Å²) < 4.78 is 0. The molecule has 0 radical (unpaired) electrons. The van der Waals surface area contributed by atoms with Crippen LogP contribution in [-0.2, 0) is 17.8 Å². The molecule has 2 aromatic carbocycles. The first-order valence-corrected chi connectivity index (χ1v) is 7.86. The lowest BCUT2D eigenvalue weighted by molar-refractivity contribution is -0.123. The molecule has 1 aliphatic rings. The van der Waals surface area contributed by atoms with Crippen molar-refractivity contribution in [2.75, 3.05) is 13.1 Å². The minimum Gasteiger partial charge on any atom is -0.348 e. The zero-order chi connectivity index (χ0) is 15.4. The second kappa shape index (κ2) is 6.75. The summed E-state index contributed by atoms with van der Waals surface area (Å²) in [6.45, 7) is 4.30. The zero-order valence-corrected chi connectivity index (χ0v) is 13.0. The fraction of sp³-hybridized carbons (Fsp3) is 0.316. The van der Waals surface area contributed by atoms with Crippen molar-refractivity contribution < 1.29 is 4.79 Å². The molecule has 0 bridgehead atoms. The van der Waals surface area contributed by atoms with Crippen LogP contribution in [0.25, 0.3) is 0 Å². The number of carbonyl (C=O) groups is 1.